The number of hydrogen-bond acceptors (Lipinski definition) is 2. The average Bonchev–Trinajstić information content (AvgIpc) is 3.54. The van der Waals surface area contributed by atoms with E-state index < -0.39 is 0 Å². The summed E-state index contributed by atoms with van der Waals surface area (Å²) in [5.41, 5.74) is 7.61. The van der Waals surface area contributed by atoms with Crippen LogP contribution in [0.15, 0.2) is 180 Å². The van der Waals surface area contributed by atoms with Crippen molar-refractivity contribution < 1.29 is 4.42 Å². The largest absolute Gasteiger partial charge is 0.456 e. The zero-order chi connectivity index (χ0) is 31.6. The molecule has 0 unspecified atom stereocenters. The number of benzene rings is 9. The summed E-state index contributed by atoms with van der Waals surface area (Å²) in [6.45, 7) is 0. The van der Waals surface area contributed by atoms with Gasteiger partial charge in [-0.3, -0.25) is 0 Å². The first-order valence-electron chi connectivity index (χ1n) is 16.4. The van der Waals surface area contributed by atoms with E-state index in [1.807, 2.05) is 6.07 Å². The van der Waals surface area contributed by atoms with E-state index in [0.717, 1.165) is 33.6 Å². The number of rotatable bonds is 4. The van der Waals surface area contributed by atoms with Crippen LogP contribution in [0.5, 0.6) is 0 Å². The molecule has 10 aromatic rings. The quantitative estimate of drug-likeness (QED) is 0.184. The van der Waals surface area contributed by atoms with E-state index >= 15 is 0 Å². The van der Waals surface area contributed by atoms with E-state index in [2.05, 4.69) is 175 Å². The second kappa shape index (κ2) is 10.6. The molecule has 0 atom stereocenters. The van der Waals surface area contributed by atoms with Crippen molar-refractivity contribution in [3.8, 4) is 11.1 Å². The molecule has 0 bridgehead atoms. The highest BCUT2D eigenvalue weighted by Gasteiger charge is 2.17. The number of nitrogens with zero attached hydrogens (tertiary/aromatic N) is 1. The third-order valence-corrected chi connectivity index (χ3v) is 9.79. The molecule has 1 aromatic heterocycles. The minimum Gasteiger partial charge on any atom is -0.456 e. The fourth-order valence-corrected chi connectivity index (χ4v) is 7.51. The van der Waals surface area contributed by atoms with Gasteiger partial charge in [-0.15, -0.1) is 0 Å². The van der Waals surface area contributed by atoms with Crippen LogP contribution in [-0.2, 0) is 0 Å². The summed E-state index contributed by atoms with van der Waals surface area (Å²) in [7, 11) is 0. The Balaban J connectivity index is 1.20. The van der Waals surface area contributed by atoms with Crippen molar-refractivity contribution in [2.24, 2.45) is 0 Å². The van der Waals surface area contributed by atoms with Crippen LogP contribution in [0, 0.1) is 0 Å². The van der Waals surface area contributed by atoms with Crippen molar-refractivity contribution in [1.29, 1.82) is 0 Å². The fraction of sp³-hybridized carbons (Fsp3) is 0. The van der Waals surface area contributed by atoms with Crippen molar-refractivity contribution in [3.63, 3.8) is 0 Å². The van der Waals surface area contributed by atoms with Crippen molar-refractivity contribution in [1.82, 2.24) is 0 Å². The molecule has 0 aliphatic rings. The number of furan rings is 1. The molecule has 2 heteroatoms. The molecule has 48 heavy (non-hydrogen) atoms. The molecule has 1 heterocycles. The van der Waals surface area contributed by atoms with E-state index in [0.29, 0.717) is 0 Å². The van der Waals surface area contributed by atoms with Crippen LogP contribution in [0.25, 0.3) is 76.2 Å². The van der Waals surface area contributed by atoms with Crippen LogP contribution in [0.3, 0.4) is 0 Å². The molecule has 2 nitrogen and oxygen atoms in total. The van der Waals surface area contributed by atoms with E-state index in [1.165, 1.54) is 59.6 Å². The highest BCUT2D eigenvalue weighted by Crippen LogP contribution is 2.43. The van der Waals surface area contributed by atoms with Crippen LogP contribution in [-0.4, -0.2) is 0 Å². The van der Waals surface area contributed by atoms with Gasteiger partial charge in [-0.1, -0.05) is 127 Å². The minimum absolute atomic E-state index is 0.920. The maximum absolute atomic E-state index is 6.33. The molecule has 0 aliphatic carbocycles. The number of anilines is 3. The monoisotopic (exact) mass is 611 g/mol. The highest BCUT2D eigenvalue weighted by molar-refractivity contribution is 6.31. The Morgan fingerprint density at radius 1 is 0.312 bits per heavy atom. The number of fused-ring (bicyclic) bond motifs is 10. The predicted octanol–water partition coefficient (Wildman–Crippen LogP) is 13.3. The number of para-hydroxylation sites is 1. The van der Waals surface area contributed by atoms with Gasteiger partial charge in [-0.2, -0.15) is 0 Å². The molecular weight excluding hydrogens is 583 g/mol. The molecule has 0 saturated carbocycles. The lowest BCUT2D eigenvalue weighted by Gasteiger charge is -2.26. The maximum Gasteiger partial charge on any atom is 0.136 e. The summed E-state index contributed by atoms with van der Waals surface area (Å²) in [6, 6.07) is 63.4. The molecule has 9 aromatic carbocycles. The molecule has 224 valence electrons. The van der Waals surface area contributed by atoms with Gasteiger partial charge in [0.25, 0.3) is 0 Å². The SMILES string of the molecule is c1ccc(-c2ccc(N(c3ccc4ccccc4c3)c3ccc4c(ccc5ccc6ccc7oc8ccccc8c7c6c54)c3)cc2)cc1. The predicted molar refractivity (Wildman–Crippen MR) is 204 cm³/mol. The van der Waals surface area contributed by atoms with Gasteiger partial charge in [-0.05, 0) is 97.4 Å². The highest BCUT2D eigenvalue weighted by atomic mass is 16.3. The summed E-state index contributed by atoms with van der Waals surface area (Å²) >= 11 is 0. The Kier molecular flexibility index (Phi) is 5.91. The van der Waals surface area contributed by atoms with E-state index in [9.17, 15) is 0 Å². The Bertz CT molecular complexity index is 2830. The van der Waals surface area contributed by atoms with Gasteiger partial charge in [0.05, 0.1) is 0 Å². The summed E-state index contributed by atoms with van der Waals surface area (Å²) in [4.78, 5) is 2.37. The lowest BCUT2D eigenvalue weighted by molar-refractivity contribution is 0.669. The number of hydrogen-bond donors (Lipinski definition) is 0. The fourth-order valence-electron chi connectivity index (χ4n) is 7.51. The summed E-state index contributed by atoms with van der Waals surface area (Å²) in [5.74, 6) is 0. The summed E-state index contributed by atoms with van der Waals surface area (Å²) < 4.78 is 6.33. The first kappa shape index (κ1) is 26.8. The molecule has 0 saturated heterocycles. The average molecular weight is 612 g/mol. The minimum atomic E-state index is 0.920. The Morgan fingerprint density at radius 3 is 1.73 bits per heavy atom. The second-order valence-electron chi connectivity index (χ2n) is 12.5. The van der Waals surface area contributed by atoms with Crippen molar-refractivity contribution >= 4 is 82.1 Å². The van der Waals surface area contributed by atoms with E-state index in [4.69, 9.17) is 4.42 Å². The second-order valence-corrected chi connectivity index (χ2v) is 12.5. The standard InChI is InChI=1S/C46H29NO/c1-2-8-30(9-3-1)32-18-22-37(23-19-32)47(38-24-20-31-10-4-5-11-35(31)28-38)39-25-26-40-36(29-39)17-16-33-14-15-34-21-27-43-46(45(34)44(33)40)41-12-6-7-13-42(41)48-43/h1-29H. The third-order valence-electron chi connectivity index (χ3n) is 9.79. The molecule has 0 aliphatic heterocycles. The lowest BCUT2D eigenvalue weighted by atomic mass is 9.93. The molecule has 0 radical (unpaired) electrons. The van der Waals surface area contributed by atoms with Crippen LogP contribution in [0.2, 0.25) is 0 Å². The third kappa shape index (κ3) is 4.20. The van der Waals surface area contributed by atoms with E-state index in [-0.39, 0.29) is 0 Å². The normalized spacial score (nSPS) is 11.8. The molecule has 0 fully saturated rings. The van der Waals surface area contributed by atoms with Gasteiger partial charge in [0.15, 0.2) is 0 Å². The topological polar surface area (TPSA) is 16.4 Å². The Morgan fingerprint density at radius 2 is 0.896 bits per heavy atom. The van der Waals surface area contributed by atoms with E-state index in [1.54, 1.807) is 0 Å². The van der Waals surface area contributed by atoms with Gasteiger partial charge in [0.1, 0.15) is 11.2 Å². The van der Waals surface area contributed by atoms with Gasteiger partial charge >= 0.3 is 0 Å². The summed E-state index contributed by atoms with van der Waals surface area (Å²) in [5, 5.41) is 12.2. The molecular formula is C46H29NO. The Labute approximate surface area is 277 Å². The van der Waals surface area contributed by atoms with Crippen LogP contribution < -0.4 is 4.90 Å². The van der Waals surface area contributed by atoms with Crippen LogP contribution in [0.1, 0.15) is 0 Å². The lowest BCUT2D eigenvalue weighted by Crippen LogP contribution is -2.10. The smallest absolute Gasteiger partial charge is 0.136 e. The van der Waals surface area contributed by atoms with Crippen LogP contribution in [0.4, 0.5) is 17.1 Å². The van der Waals surface area contributed by atoms with Crippen molar-refractivity contribution in [3.05, 3.63) is 176 Å². The molecule has 0 N–H and O–H groups in total. The zero-order valence-corrected chi connectivity index (χ0v) is 26.1. The first-order chi connectivity index (χ1) is 23.8. The van der Waals surface area contributed by atoms with Gasteiger partial charge in [-0.25, -0.2) is 0 Å². The Hall–Kier alpha value is -6.38. The first-order valence-corrected chi connectivity index (χ1v) is 16.4. The van der Waals surface area contributed by atoms with Gasteiger partial charge in [0.2, 0.25) is 0 Å². The van der Waals surface area contributed by atoms with Gasteiger partial charge < -0.3 is 9.32 Å². The van der Waals surface area contributed by atoms with Crippen LogP contribution >= 0.6 is 0 Å². The summed E-state index contributed by atoms with van der Waals surface area (Å²) in [6.07, 6.45) is 0. The zero-order valence-electron chi connectivity index (χ0n) is 26.1. The maximum atomic E-state index is 6.33. The van der Waals surface area contributed by atoms with Gasteiger partial charge in [0, 0.05) is 33.2 Å². The molecule has 10 rings (SSSR count). The van der Waals surface area contributed by atoms with Crippen molar-refractivity contribution in [2.45, 2.75) is 0 Å². The molecule has 0 amide bonds. The molecule has 0 spiro atoms. The van der Waals surface area contributed by atoms with Crippen molar-refractivity contribution in [2.75, 3.05) is 4.90 Å².